The van der Waals surface area contributed by atoms with Crippen LogP contribution < -0.4 is 10.6 Å². The quantitative estimate of drug-likeness (QED) is 0.672. The molecule has 0 radical (unpaired) electrons. The summed E-state index contributed by atoms with van der Waals surface area (Å²) in [6, 6.07) is 9.79. The van der Waals surface area contributed by atoms with Gasteiger partial charge in [-0.15, -0.1) is 0 Å². The van der Waals surface area contributed by atoms with Gasteiger partial charge < -0.3 is 19.9 Å². The number of carbonyl (C=O) groups is 2. The first-order chi connectivity index (χ1) is 12.6. The number of rotatable bonds is 5. The summed E-state index contributed by atoms with van der Waals surface area (Å²) in [5.41, 5.74) is 0.911. The molecule has 1 amide bonds. The number of esters is 1. The molecular formula is C17H15N5O4. The zero-order valence-corrected chi connectivity index (χ0v) is 14.0. The Balaban J connectivity index is 1.80. The van der Waals surface area contributed by atoms with Crippen LogP contribution in [-0.2, 0) is 4.74 Å². The van der Waals surface area contributed by atoms with Gasteiger partial charge in [-0.3, -0.25) is 4.79 Å². The van der Waals surface area contributed by atoms with Gasteiger partial charge in [0.25, 0.3) is 5.91 Å². The van der Waals surface area contributed by atoms with E-state index in [0.717, 1.165) is 0 Å². The van der Waals surface area contributed by atoms with Gasteiger partial charge in [-0.25, -0.2) is 14.8 Å². The van der Waals surface area contributed by atoms with Gasteiger partial charge in [-0.1, -0.05) is 17.3 Å². The minimum absolute atomic E-state index is 0.124. The Morgan fingerprint density at radius 2 is 2.00 bits per heavy atom. The molecule has 0 aliphatic rings. The van der Waals surface area contributed by atoms with Crippen molar-refractivity contribution in [2.45, 2.75) is 6.92 Å². The van der Waals surface area contributed by atoms with Gasteiger partial charge in [-0.05, 0) is 25.1 Å². The first kappa shape index (κ1) is 17.1. The van der Waals surface area contributed by atoms with E-state index in [1.807, 2.05) is 0 Å². The molecule has 1 aromatic carbocycles. The van der Waals surface area contributed by atoms with Crippen LogP contribution in [0, 0.1) is 6.92 Å². The molecular weight excluding hydrogens is 338 g/mol. The molecule has 0 saturated heterocycles. The second-order valence-corrected chi connectivity index (χ2v) is 5.20. The minimum Gasteiger partial charge on any atom is -0.465 e. The van der Waals surface area contributed by atoms with Crippen LogP contribution in [0.15, 0.2) is 47.1 Å². The number of nitrogens with one attached hydrogen (secondary N) is 2. The van der Waals surface area contributed by atoms with Gasteiger partial charge in [0, 0.05) is 12.3 Å². The second kappa shape index (κ2) is 7.43. The van der Waals surface area contributed by atoms with Crippen LogP contribution >= 0.6 is 0 Å². The van der Waals surface area contributed by atoms with Gasteiger partial charge in [0.2, 0.25) is 5.95 Å². The topological polar surface area (TPSA) is 119 Å². The maximum Gasteiger partial charge on any atom is 0.339 e. The van der Waals surface area contributed by atoms with Crippen LogP contribution in [-0.4, -0.2) is 34.1 Å². The number of hydrogen-bond donors (Lipinski definition) is 2. The van der Waals surface area contributed by atoms with Crippen LogP contribution in [0.4, 0.5) is 17.5 Å². The number of anilines is 3. The number of methoxy groups -OCH3 is 1. The molecule has 0 unspecified atom stereocenters. The van der Waals surface area contributed by atoms with E-state index in [2.05, 4.69) is 25.8 Å². The molecule has 0 aliphatic heterocycles. The summed E-state index contributed by atoms with van der Waals surface area (Å²) in [6.45, 7) is 1.72. The van der Waals surface area contributed by atoms with Gasteiger partial charge in [0.15, 0.2) is 5.82 Å². The number of amides is 1. The second-order valence-electron chi connectivity index (χ2n) is 5.20. The van der Waals surface area contributed by atoms with Crippen molar-refractivity contribution in [2.24, 2.45) is 0 Å². The Bertz CT molecular complexity index is 954. The normalized spacial score (nSPS) is 10.2. The monoisotopic (exact) mass is 353 g/mol. The highest BCUT2D eigenvalue weighted by molar-refractivity contribution is 6.02. The van der Waals surface area contributed by atoms with Crippen LogP contribution in [0.25, 0.3) is 0 Å². The SMILES string of the molecule is COC(=O)c1ccccc1Nc1nccc(C(=O)Nc2cc(C)on2)n1. The molecule has 3 rings (SSSR count). The molecule has 26 heavy (non-hydrogen) atoms. The van der Waals surface area contributed by atoms with E-state index < -0.39 is 11.9 Å². The zero-order valence-electron chi connectivity index (χ0n) is 14.0. The maximum atomic E-state index is 12.3. The fourth-order valence-corrected chi connectivity index (χ4v) is 2.15. The molecule has 0 saturated carbocycles. The molecule has 0 spiro atoms. The predicted octanol–water partition coefficient (Wildman–Crippen LogP) is 2.56. The largest absolute Gasteiger partial charge is 0.465 e. The Kier molecular flexibility index (Phi) is 4.88. The standard InChI is InChI=1S/C17H15N5O4/c1-10-9-14(22-26-10)21-15(23)13-7-8-18-17(20-13)19-12-6-4-3-5-11(12)16(24)25-2/h3-9H,1-2H3,(H,18,19,20)(H,21,22,23). The number of hydrogen-bond acceptors (Lipinski definition) is 8. The molecule has 2 N–H and O–H groups in total. The van der Waals surface area contributed by atoms with E-state index >= 15 is 0 Å². The van der Waals surface area contributed by atoms with Crippen molar-refractivity contribution in [1.29, 1.82) is 0 Å². The average molecular weight is 353 g/mol. The smallest absolute Gasteiger partial charge is 0.339 e. The molecule has 0 fully saturated rings. The summed E-state index contributed by atoms with van der Waals surface area (Å²) in [4.78, 5) is 32.3. The molecule has 3 aromatic rings. The number of ether oxygens (including phenoxy) is 1. The average Bonchev–Trinajstić information content (AvgIpc) is 3.06. The first-order valence-electron chi connectivity index (χ1n) is 7.59. The summed E-state index contributed by atoms with van der Waals surface area (Å²) in [5.74, 6) is 0.0557. The van der Waals surface area contributed by atoms with Crippen molar-refractivity contribution in [1.82, 2.24) is 15.1 Å². The molecule has 9 heteroatoms. The van der Waals surface area contributed by atoms with Crippen LogP contribution in [0.5, 0.6) is 0 Å². The summed E-state index contributed by atoms with van der Waals surface area (Å²) in [7, 11) is 1.30. The molecule has 0 bridgehead atoms. The van der Waals surface area contributed by atoms with Crippen LogP contribution in [0.3, 0.4) is 0 Å². The first-order valence-corrected chi connectivity index (χ1v) is 7.59. The van der Waals surface area contributed by atoms with E-state index in [1.54, 1.807) is 37.3 Å². The molecule has 9 nitrogen and oxygen atoms in total. The van der Waals surface area contributed by atoms with Gasteiger partial charge in [0.05, 0.1) is 18.4 Å². The van der Waals surface area contributed by atoms with Gasteiger partial charge in [-0.2, -0.15) is 0 Å². The third-order valence-corrected chi connectivity index (χ3v) is 3.34. The highest BCUT2D eigenvalue weighted by atomic mass is 16.5. The maximum absolute atomic E-state index is 12.3. The zero-order chi connectivity index (χ0) is 18.5. The summed E-state index contributed by atoms with van der Waals surface area (Å²) >= 11 is 0. The lowest BCUT2D eigenvalue weighted by Gasteiger charge is -2.09. The number of para-hydroxylation sites is 1. The third-order valence-electron chi connectivity index (χ3n) is 3.34. The lowest BCUT2D eigenvalue weighted by atomic mass is 10.2. The summed E-state index contributed by atoms with van der Waals surface area (Å²) in [5, 5.41) is 9.18. The molecule has 2 aromatic heterocycles. The fraction of sp³-hybridized carbons (Fsp3) is 0.118. The number of carbonyl (C=O) groups excluding carboxylic acids is 2. The fourth-order valence-electron chi connectivity index (χ4n) is 2.15. The Hall–Kier alpha value is -3.75. The van der Waals surface area contributed by atoms with E-state index in [9.17, 15) is 9.59 Å². The van der Waals surface area contributed by atoms with Crippen molar-refractivity contribution in [2.75, 3.05) is 17.7 Å². The van der Waals surface area contributed by atoms with Crippen molar-refractivity contribution in [3.05, 3.63) is 59.6 Å². The van der Waals surface area contributed by atoms with Crippen molar-refractivity contribution in [3.8, 4) is 0 Å². The van der Waals surface area contributed by atoms with Crippen molar-refractivity contribution < 1.29 is 18.8 Å². The third kappa shape index (κ3) is 3.83. The Morgan fingerprint density at radius 1 is 1.19 bits per heavy atom. The van der Waals surface area contributed by atoms with E-state index in [4.69, 9.17) is 9.26 Å². The molecule has 2 heterocycles. The van der Waals surface area contributed by atoms with E-state index in [-0.39, 0.29) is 17.5 Å². The lowest BCUT2D eigenvalue weighted by molar-refractivity contribution is 0.0601. The number of aryl methyl sites for hydroxylation is 1. The minimum atomic E-state index is -0.497. The van der Waals surface area contributed by atoms with Gasteiger partial charge in [0.1, 0.15) is 11.5 Å². The van der Waals surface area contributed by atoms with Crippen LogP contribution in [0.1, 0.15) is 26.6 Å². The summed E-state index contributed by atoms with van der Waals surface area (Å²) in [6.07, 6.45) is 1.43. The molecule has 132 valence electrons. The predicted molar refractivity (Wildman–Crippen MR) is 92.3 cm³/mol. The van der Waals surface area contributed by atoms with Crippen molar-refractivity contribution in [3.63, 3.8) is 0 Å². The van der Waals surface area contributed by atoms with Gasteiger partial charge >= 0.3 is 5.97 Å². The molecule has 0 atom stereocenters. The molecule has 0 aliphatic carbocycles. The van der Waals surface area contributed by atoms with E-state index in [0.29, 0.717) is 17.0 Å². The summed E-state index contributed by atoms with van der Waals surface area (Å²) < 4.78 is 9.64. The van der Waals surface area contributed by atoms with Crippen molar-refractivity contribution >= 4 is 29.3 Å². The van der Waals surface area contributed by atoms with Crippen LogP contribution in [0.2, 0.25) is 0 Å². The lowest BCUT2D eigenvalue weighted by Crippen LogP contribution is -2.15. The van der Waals surface area contributed by atoms with E-state index in [1.165, 1.54) is 19.4 Å². The highest BCUT2D eigenvalue weighted by Crippen LogP contribution is 2.19. The number of nitrogens with zero attached hydrogens (tertiary/aromatic N) is 3. The highest BCUT2D eigenvalue weighted by Gasteiger charge is 2.14. The number of aromatic nitrogens is 3. The Morgan fingerprint density at radius 3 is 2.73 bits per heavy atom. The Labute approximate surface area is 148 Å². The number of benzene rings is 1.